The van der Waals surface area contributed by atoms with Crippen LogP contribution in [0.2, 0.25) is 0 Å². The molecular weight excluding hydrogens is 425 g/mol. The third kappa shape index (κ3) is 4.63. The van der Waals surface area contributed by atoms with E-state index in [1.54, 1.807) is 25.1 Å². The number of hydrogen-bond acceptors (Lipinski definition) is 4. The van der Waals surface area contributed by atoms with Crippen LogP contribution < -0.4 is 11.2 Å². The van der Waals surface area contributed by atoms with Gasteiger partial charge in [-0.15, -0.1) is 0 Å². The average molecular weight is 446 g/mol. The van der Waals surface area contributed by atoms with E-state index in [1.807, 2.05) is 13.0 Å². The summed E-state index contributed by atoms with van der Waals surface area (Å²) >= 11 is 0. The monoisotopic (exact) mass is 446 g/mol. The van der Waals surface area contributed by atoms with Crippen LogP contribution in [0.1, 0.15) is 34.1 Å². The lowest BCUT2D eigenvalue weighted by atomic mass is 10.1. The molecular formula is C22H21F3N4O3. The van der Waals surface area contributed by atoms with Crippen molar-refractivity contribution in [1.82, 2.24) is 19.2 Å². The molecule has 0 aliphatic heterocycles. The number of halogens is 3. The van der Waals surface area contributed by atoms with E-state index in [-0.39, 0.29) is 6.54 Å². The zero-order valence-electron chi connectivity index (χ0n) is 17.7. The molecule has 0 aliphatic rings. The number of amides is 1. The van der Waals surface area contributed by atoms with Crippen molar-refractivity contribution in [2.45, 2.75) is 26.6 Å². The van der Waals surface area contributed by atoms with Crippen LogP contribution in [0.15, 0.2) is 58.1 Å². The number of aryl methyl sites for hydroxylation is 1. The molecule has 0 bridgehead atoms. The molecule has 0 spiro atoms. The molecule has 0 fully saturated rings. The van der Waals surface area contributed by atoms with Crippen molar-refractivity contribution < 1.29 is 18.0 Å². The predicted octanol–water partition coefficient (Wildman–Crippen LogP) is 2.86. The molecule has 0 atom stereocenters. The number of hydrogen-bond donors (Lipinski definition) is 0. The van der Waals surface area contributed by atoms with Crippen LogP contribution in [0.4, 0.5) is 13.2 Å². The number of aromatic nitrogens is 3. The van der Waals surface area contributed by atoms with Gasteiger partial charge < -0.3 is 4.90 Å². The van der Waals surface area contributed by atoms with Gasteiger partial charge in [-0.2, -0.15) is 23.0 Å². The van der Waals surface area contributed by atoms with Crippen molar-refractivity contribution in [3.05, 3.63) is 91.8 Å². The Morgan fingerprint density at radius 2 is 1.75 bits per heavy atom. The first-order valence-electron chi connectivity index (χ1n) is 9.75. The third-order valence-corrected chi connectivity index (χ3v) is 4.95. The first-order chi connectivity index (χ1) is 15.0. The quantitative estimate of drug-likeness (QED) is 0.604. The molecule has 0 radical (unpaired) electrons. The van der Waals surface area contributed by atoms with Gasteiger partial charge in [-0.25, -0.2) is 4.79 Å². The molecule has 7 nitrogen and oxygen atoms in total. The van der Waals surface area contributed by atoms with Gasteiger partial charge in [0.2, 0.25) is 5.69 Å². The lowest BCUT2D eigenvalue weighted by Crippen LogP contribution is -2.46. The summed E-state index contributed by atoms with van der Waals surface area (Å²) in [5, 5.41) is 4.03. The summed E-state index contributed by atoms with van der Waals surface area (Å²) in [4.78, 5) is 40.1. The Morgan fingerprint density at radius 3 is 2.31 bits per heavy atom. The fraction of sp³-hybridized carbons (Fsp3) is 0.273. The fourth-order valence-electron chi connectivity index (χ4n) is 3.02. The minimum absolute atomic E-state index is 0.293. The van der Waals surface area contributed by atoms with Gasteiger partial charge in [-0.05, 0) is 49.2 Å². The van der Waals surface area contributed by atoms with E-state index in [4.69, 9.17) is 0 Å². The smallest absolute Gasteiger partial charge is 0.340 e. The summed E-state index contributed by atoms with van der Waals surface area (Å²) in [5.74, 6) is -0.667. The van der Waals surface area contributed by atoms with E-state index in [9.17, 15) is 27.6 Å². The number of benzene rings is 2. The molecule has 2 aromatic carbocycles. The second kappa shape index (κ2) is 8.81. The van der Waals surface area contributed by atoms with Gasteiger partial charge in [-0.1, -0.05) is 24.3 Å². The van der Waals surface area contributed by atoms with E-state index in [2.05, 4.69) is 5.10 Å². The zero-order valence-corrected chi connectivity index (χ0v) is 17.7. The molecule has 168 valence electrons. The molecule has 0 saturated heterocycles. The Bertz CT molecular complexity index is 1260. The highest BCUT2D eigenvalue weighted by Gasteiger charge is 2.30. The maximum atomic E-state index is 13.1. The second-order valence-corrected chi connectivity index (χ2v) is 7.29. The molecule has 1 aromatic heterocycles. The van der Waals surface area contributed by atoms with Crippen LogP contribution >= 0.6 is 0 Å². The van der Waals surface area contributed by atoms with E-state index in [0.29, 0.717) is 17.8 Å². The number of rotatable bonds is 5. The maximum Gasteiger partial charge on any atom is 0.416 e. The van der Waals surface area contributed by atoms with Crippen molar-refractivity contribution in [3.63, 3.8) is 0 Å². The Balaban J connectivity index is 2.18. The highest BCUT2D eigenvalue weighted by molar-refractivity contribution is 5.91. The highest BCUT2D eigenvalue weighted by atomic mass is 19.4. The molecule has 1 heterocycles. The molecule has 0 unspecified atom stereocenters. The van der Waals surface area contributed by atoms with E-state index >= 15 is 0 Å². The molecule has 0 saturated carbocycles. The molecule has 0 N–H and O–H groups in total. The van der Waals surface area contributed by atoms with Gasteiger partial charge in [0, 0.05) is 13.6 Å². The minimum Gasteiger partial charge on any atom is -0.340 e. The van der Waals surface area contributed by atoms with Gasteiger partial charge in [-0.3, -0.25) is 14.2 Å². The summed E-state index contributed by atoms with van der Waals surface area (Å²) < 4.78 is 40.3. The van der Waals surface area contributed by atoms with Gasteiger partial charge in [0.1, 0.15) is 0 Å². The number of carbonyl (C=O) groups is 1. The normalized spacial score (nSPS) is 11.4. The first kappa shape index (κ1) is 23.0. The number of carbonyl (C=O) groups excluding carboxylic acids is 1. The van der Waals surface area contributed by atoms with Crippen molar-refractivity contribution in [3.8, 4) is 5.69 Å². The first-order valence-corrected chi connectivity index (χ1v) is 9.75. The SMILES string of the molecule is CCN(C)C(=O)c1nn(-c2cccc(C)c2)c(=O)n(Cc2ccc(C(F)(F)F)cc2)c1=O. The van der Waals surface area contributed by atoms with E-state index in [0.717, 1.165) is 26.9 Å². The van der Waals surface area contributed by atoms with Gasteiger partial charge in [0.25, 0.3) is 11.5 Å². The molecule has 0 aliphatic carbocycles. The van der Waals surface area contributed by atoms with Gasteiger partial charge >= 0.3 is 11.9 Å². The molecule has 3 rings (SSSR count). The zero-order chi connectivity index (χ0) is 23.6. The third-order valence-electron chi connectivity index (χ3n) is 4.95. The second-order valence-electron chi connectivity index (χ2n) is 7.29. The number of alkyl halides is 3. The van der Waals surface area contributed by atoms with Crippen LogP contribution in [0.25, 0.3) is 5.69 Å². The number of nitrogens with zero attached hydrogens (tertiary/aromatic N) is 4. The Labute approximate surface area is 181 Å². The summed E-state index contributed by atoms with van der Waals surface area (Å²) in [6, 6.07) is 10.9. The summed E-state index contributed by atoms with van der Waals surface area (Å²) in [5.41, 5.74) is -1.55. The van der Waals surface area contributed by atoms with Crippen LogP contribution in [0, 0.1) is 6.92 Å². The van der Waals surface area contributed by atoms with E-state index in [1.165, 1.54) is 24.1 Å². The van der Waals surface area contributed by atoms with Crippen molar-refractivity contribution in [1.29, 1.82) is 0 Å². The summed E-state index contributed by atoms with van der Waals surface area (Å²) in [6.45, 7) is 3.52. The standard InChI is InChI=1S/C22H21F3N4O3/c1-4-27(3)19(30)18-20(31)28(13-15-8-10-16(11-9-15)22(23,24)25)21(32)29(26-18)17-7-5-6-14(2)12-17/h5-12H,4,13H2,1-3H3. The fourth-order valence-corrected chi connectivity index (χ4v) is 3.02. The largest absolute Gasteiger partial charge is 0.416 e. The Morgan fingerprint density at radius 1 is 1.09 bits per heavy atom. The highest BCUT2D eigenvalue weighted by Crippen LogP contribution is 2.29. The maximum absolute atomic E-state index is 13.1. The van der Waals surface area contributed by atoms with Gasteiger partial charge in [0.15, 0.2) is 0 Å². The van der Waals surface area contributed by atoms with Crippen LogP contribution in [-0.2, 0) is 12.7 Å². The van der Waals surface area contributed by atoms with Crippen molar-refractivity contribution in [2.24, 2.45) is 0 Å². The predicted molar refractivity (Wildman–Crippen MR) is 112 cm³/mol. The molecule has 32 heavy (non-hydrogen) atoms. The molecule has 1 amide bonds. The minimum atomic E-state index is -4.51. The Kier molecular flexibility index (Phi) is 6.33. The van der Waals surface area contributed by atoms with Gasteiger partial charge in [0.05, 0.1) is 17.8 Å². The van der Waals surface area contributed by atoms with Crippen LogP contribution in [0.3, 0.4) is 0 Å². The molecule has 10 heteroatoms. The average Bonchev–Trinajstić information content (AvgIpc) is 2.75. The van der Waals surface area contributed by atoms with Crippen LogP contribution in [-0.4, -0.2) is 38.7 Å². The van der Waals surface area contributed by atoms with E-state index < -0.39 is 34.6 Å². The lowest BCUT2D eigenvalue weighted by Gasteiger charge is -2.16. The van der Waals surface area contributed by atoms with Crippen LogP contribution in [0.5, 0.6) is 0 Å². The molecule has 3 aromatic rings. The van der Waals surface area contributed by atoms with Crippen molar-refractivity contribution >= 4 is 5.91 Å². The summed E-state index contributed by atoms with van der Waals surface area (Å²) in [6.07, 6.45) is -4.51. The topological polar surface area (TPSA) is 77.2 Å². The summed E-state index contributed by atoms with van der Waals surface area (Å²) in [7, 11) is 1.49. The lowest BCUT2D eigenvalue weighted by molar-refractivity contribution is -0.137. The Hall–Kier alpha value is -3.69. The van der Waals surface area contributed by atoms with Crippen molar-refractivity contribution in [2.75, 3.05) is 13.6 Å².